The number of hydrogen-bond acceptors (Lipinski definition) is 1. The van der Waals surface area contributed by atoms with E-state index in [-0.39, 0.29) is 0 Å². The van der Waals surface area contributed by atoms with E-state index in [4.69, 9.17) is 0 Å². The molecule has 0 aliphatic carbocycles. The highest BCUT2D eigenvalue weighted by molar-refractivity contribution is 5.59. The monoisotopic (exact) mass is 207 g/mol. The molecule has 0 saturated heterocycles. The summed E-state index contributed by atoms with van der Waals surface area (Å²) < 4.78 is 0. The molecule has 15 heavy (non-hydrogen) atoms. The molecular formula is C14H25N. The quantitative estimate of drug-likeness (QED) is 0.613. The molecule has 0 amide bonds. The fourth-order valence-corrected chi connectivity index (χ4v) is 1.86. The van der Waals surface area contributed by atoms with Gasteiger partial charge in [-0.1, -0.05) is 52.8 Å². The van der Waals surface area contributed by atoms with Gasteiger partial charge in [0.15, 0.2) is 0 Å². The van der Waals surface area contributed by atoms with Crippen molar-refractivity contribution in [2.24, 2.45) is 0 Å². The Kier molecular flexibility index (Phi) is 6.85. The second kappa shape index (κ2) is 7.33. The highest BCUT2D eigenvalue weighted by Crippen LogP contribution is 2.33. The number of fused-ring (bicyclic) bond motifs is 1. The summed E-state index contributed by atoms with van der Waals surface area (Å²) in [6.45, 7) is 11.4. The molecule has 1 unspecified atom stereocenters. The van der Waals surface area contributed by atoms with Crippen LogP contribution >= 0.6 is 0 Å². The van der Waals surface area contributed by atoms with Crippen LogP contribution in [0.2, 0.25) is 0 Å². The van der Waals surface area contributed by atoms with E-state index in [1.54, 1.807) is 0 Å². The Labute approximate surface area is 95.1 Å². The minimum absolute atomic E-state index is 0.705. The molecule has 1 nitrogen and oxygen atoms in total. The Morgan fingerprint density at radius 2 is 1.60 bits per heavy atom. The molecule has 1 atom stereocenters. The van der Waals surface area contributed by atoms with Gasteiger partial charge in [0, 0.05) is 25.2 Å². The third kappa shape index (κ3) is 3.26. The summed E-state index contributed by atoms with van der Waals surface area (Å²) in [6, 6.07) is 8.64. The van der Waals surface area contributed by atoms with Crippen molar-refractivity contribution in [2.75, 3.05) is 18.5 Å². The van der Waals surface area contributed by atoms with Crippen LogP contribution in [-0.2, 0) is 0 Å². The number of likely N-dealkylation sites (N-methyl/N-ethyl adjacent to an activating group) is 1. The van der Waals surface area contributed by atoms with Crippen molar-refractivity contribution in [3.05, 3.63) is 29.8 Å². The Balaban J connectivity index is 0.000000442. The lowest BCUT2D eigenvalue weighted by Crippen LogP contribution is -2.13. The van der Waals surface area contributed by atoms with E-state index in [9.17, 15) is 0 Å². The number of benzene rings is 1. The Bertz CT molecular complexity index is 241. The molecule has 0 N–H and O–H groups in total. The number of hydrogen-bond donors (Lipinski definition) is 0. The lowest BCUT2D eigenvalue weighted by atomic mass is 10.0. The third-order valence-corrected chi connectivity index (χ3v) is 2.43. The molecule has 0 fully saturated rings. The highest BCUT2D eigenvalue weighted by atomic mass is 15.1. The van der Waals surface area contributed by atoms with Gasteiger partial charge in [-0.05, 0) is 11.6 Å². The van der Waals surface area contributed by atoms with Crippen molar-refractivity contribution in [1.82, 2.24) is 0 Å². The first-order valence-electron chi connectivity index (χ1n) is 6.09. The van der Waals surface area contributed by atoms with Gasteiger partial charge in [0.25, 0.3) is 0 Å². The van der Waals surface area contributed by atoms with Crippen molar-refractivity contribution >= 4 is 5.69 Å². The summed E-state index contributed by atoms with van der Waals surface area (Å²) in [5.74, 6) is 0.705. The summed E-state index contributed by atoms with van der Waals surface area (Å²) >= 11 is 0. The molecule has 0 spiro atoms. The molecule has 1 heterocycles. The van der Waals surface area contributed by atoms with Crippen LogP contribution in [-0.4, -0.2) is 13.6 Å². The van der Waals surface area contributed by atoms with Gasteiger partial charge < -0.3 is 4.90 Å². The average Bonchev–Trinajstić information content (AvgIpc) is 2.61. The van der Waals surface area contributed by atoms with E-state index in [0.717, 1.165) is 0 Å². The van der Waals surface area contributed by atoms with Crippen LogP contribution in [0.15, 0.2) is 24.3 Å². The molecule has 0 radical (unpaired) electrons. The first kappa shape index (κ1) is 14.0. The lowest BCUT2D eigenvalue weighted by Gasteiger charge is -2.10. The van der Waals surface area contributed by atoms with Gasteiger partial charge in [0.2, 0.25) is 0 Å². The zero-order chi connectivity index (χ0) is 11.8. The van der Waals surface area contributed by atoms with Crippen LogP contribution in [0.4, 0.5) is 5.69 Å². The fourth-order valence-electron chi connectivity index (χ4n) is 1.86. The normalized spacial score (nSPS) is 16.9. The maximum Gasteiger partial charge on any atom is 0.0399 e. The topological polar surface area (TPSA) is 3.24 Å². The van der Waals surface area contributed by atoms with Crippen LogP contribution in [0.3, 0.4) is 0 Å². The van der Waals surface area contributed by atoms with Crippen LogP contribution < -0.4 is 4.90 Å². The van der Waals surface area contributed by atoms with Crippen LogP contribution in [0.1, 0.15) is 46.1 Å². The van der Waals surface area contributed by atoms with Gasteiger partial charge in [0.1, 0.15) is 0 Å². The van der Waals surface area contributed by atoms with Gasteiger partial charge in [-0.2, -0.15) is 0 Å². The van der Waals surface area contributed by atoms with E-state index < -0.39 is 0 Å². The van der Waals surface area contributed by atoms with E-state index in [1.807, 2.05) is 27.7 Å². The molecule has 1 heteroatoms. The van der Waals surface area contributed by atoms with Crippen molar-refractivity contribution in [3.63, 3.8) is 0 Å². The Morgan fingerprint density at radius 1 is 1.07 bits per heavy atom. The highest BCUT2D eigenvalue weighted by Gasteiger charge is 2.21. The van der Waals surface area contributed by atoms with Gasteiger partial charge in [-0.15, -0.1) is 0 Å². The first-order valence-corrected chi connectivity index (χ1v) is 6.09. The minimum atomic E-state index is 0.705. The summed E-state index contributed by atoms with van der Waals surface area (Å²) in [6.07, 6.45) is 0. The lowest BCUT2D eigenvalue weighted by molar-refractivity contribution is 0.796. The molecule has 1 aromatic rings. The van der Waals surface area contributed by atoms with Crippen LogP contribution in [0, 0.1) is 0 Å². The standard InChI is InChI=1S/C10H13N.2C2H6/c1-8-7-11(2)10-6-4-3-5-9(8)10;2*1-2/h3-6,8H,7H2,1-2H3;2*1-2H3. The molecule has 2 rings (SSSR count). The predicted octanol–water partition coefficient (Wildman–Crippen LogP) is 4.29. The smallest absolute Gasteiger partial charge is 0.0399 e. The SMILES string of the molecule is CC.CC.CC1CN(C)c2ccccc21. The van der Waals surface area contributed by atoms with Crippen molar-refractivity contribution in [1.29, 1.82) is 0 Å². The van der Waals surface area contributed by atoms with Gasteiger partial charge in [-0.3, -0.25) is 0 Å². The van der Waals surface area contributed by atoms with Crippen molar-refractivity contribution in [2.45, 2.75) is 40.5 Å². The Morgan fingerprint density at radius 3 is 2.13 bits per heavy atom. The van der Waals surface area contributed by atoms with E-state index >= 15 is 0 Å². The van der Waals surface area contributed by atoms with E-state index in [1.165, 1.54) is 17.8 Å². The zero-order valence-corrected chi connectivity index (χ0v) is 11.0. The van der Waals surface area contributed by atoms with E-state index in [2.05, 4.69) is 43.1 Å². The molecule has 1 aromatic carbocycles. The van der Waals surface area contributed by atoms with Gasteiger partial charge in [0.05, 0.1) is 0 Å². The maximum atomic E-state index is 2.32. The minimum Gasteiger partial charge on any atom is -0.374 e. The van der Waals surface area contributed by atoms with Crippen LogP contribution in [0.5, 0.6) is 0 Å². The molecule has 1 aliphatic rings. The van der Waals surface area contributed by atoms with Gasteiger partial charge >= 0.3 is 0 Å². The number of nitrogens with zero attached hydrogens (tertiary/aromatic N) is 1. The number of para-hydroxylation sites is 1. The Hall–Kier alpha value is -0.980. The zero-order valence-electron chi connectivity index (χ0n) is 11.0. The van der Waals surface area contributed by atoms with Crippen molar-refractivity contribution in [3.8, 4) is 0 Å². The average molecular weight is 207 g/mol. The summed E-state index contributed by atoms with van der Waals surface area (Å²) in [5.41, 5.74) is 2.90. The molecule has 0 bridgehead atoms. The second-order valence-corrected chi connectivity index (χ2v) is 3.34. The molecular weight excluding hydrogens is 182 g/mol. The van der Waals surface area contributed by atoms with Gasteiger partial charge in [-0.25, -0.2) is 0 Å². The maximum absolute atomic E-state index is 2.32. The largest absolute Gasteiger partial charge is 0.374 e. The fraction of sp³-hybridized carbons (Fsp3) is 0.571. The summed E-state index contributed by atoms with van der Waals surface area (Å²) in [7, 11) is 2.16. The second-order valence-electron chi connectivity index (χ2n) is 3.34. The molecule has 0 aromatic heterocycles. The molecule has 1 aliphatic heterocycles. The first-order chi connectivity index (χ1) is 7.29. The molecule has 0 saturated carbocycles. The summed E-state index contributed by atoms with van der Waals surface area (Å²) in [4.78, 5) is 2.32. The van der Waals surface area contributed by atoms with Crippen molar-refractivity contribution < 1.29 is 0 Å². The van der Waals surface area contributed by atoms with E-state index in [0.29, 0.717) is 5.92 Å². The predicted molar refractivity (Wildman–Crippen MR) is 70.8 cm³/mol. The third-order valence-electron chi connectivity index (χ3n) is 2.43. The summed E-state index contributed by atoms with van der Waals surface area (Å²) in [5, 5.41) is 0. The number of rotatable bonds is 0. The number of anilines is 1. The van der Waals surface area contributed by atoms with Crippen LogP contribution in [0.25, 0.3) is 0 Å². The molecule has 86 valence electrons.